The van der Waals surface area contributed by atoms with Crippen molar-refractivity contribution < 1.29 is 9.53 Å². The number of esters is 1. The minimum atomic E-state index is -0.451. The first kappa shape index (κ1) is 8.97. The van der Waals surface area contributed by atoms with Crippen molar-refractivity contribution in [2.24, 2.45) is 0 Å². The number of carbonyl (C=O) groups excluding carboxylic acids is 1. The van der Waals surface area contributed by atoms with Gasteiger partial charge in [-0.2, -0.15) is 5.26 Å². The molecule has 1 aromatic rings. The van der Waals surface area contributed by atoms with Gasteiger partial charge in [-0.05, 0) is 13.0 Å². The summed E-state index contributed by atoms with van der Waals surface area (Å²) >= 11 is 5.72. The second-order valence-electron chi connectivity index (χ2n) is 2.92. The second-order valence-corrected chi connectivity index (χ2v) is 3.28. The number of pyridine rings is 1. The number of hydrogen-bond donors (Lipinski definition) is 0. The van der Waals surface area contributed by atoms with E-state index in [1.54, 1.807) is 6.92 Å². The summed E-state index contributed by atoms with van der Waals surface area (Å²) in [5, 5.41) is 8.78. The van der Waals surface area contributed by atoms with Gasteiger partial charge in [0.15, 0.2) is 0 Å². The summed E-state index contributed by atoms with van der Waals surface area (Å²) in [6, 6.07) is 3.27. The SMILES string of the molecule is CC1OC(=O)c2cc(C#N)c(Cl)nc21. The highest BCUT2D eigenvalue weighted by Gasteiger charge is 2.30. The summed E-state index contributed by atoms with van der Waals surface area (Å²) in [5.41, 5.74) is 1.02. The van der Waals surface area contributed by atoms with Crippen LogP contribution in [0, 0.1) is 11.3 Å². The van der Waals surface area contributed by atoms with Gasteiger partial charge in [-0.1, -0.05) is 11.6 Å². The summed E-state index contributed by atoms with van der Waals surface area (Å²) in [7, 11) is 0. The van der Waals surface area contributed by atoms with Gasteiger partial charge in [0.1, 0.15) is 17.3 Å². The molecule has 0 amide bonds. The maximum absolute atomic E-state index is 11.2. The standard InChI is InChI=1S/C9H5ClN2O2/c1-4-7-6(9(13)14-4)2-5(3-11)8(10)12-7/h2,4H,1H3. The van der Waals surface area contributed by atoms with E-state index in [1.807, 2.05) is 6.07 Å². The Morgan fingerprint density at radius 3 is 3.07 bits per heavy atom. The summed E-state index contributed by atoms with van der Waals surface area (Å²) in [5.74, 6) is -0.451. The summed E-state index contributed by atoms with van der Waals surface area (Å²) in [6.07, 6.45) is -0.386. The zero-order valence-electron chi connectivity index (χ0n) is 7.24. The number of halogens is 1. The Kier molecular flexibility index (Phi) is 1.90. The molecule has 5 heteroatoms. The lowest BCUT2D eigenvalue weighted by Gasteiger charge is -2.01. The highest BCUT2D eigenvalue weighted by molar-refractivity contribution is 6.30. The molecule has 0 radical (unpaired) electrons. The highest BCUT2D eigenvalue weighted by atomic mass is 35.5. The first-order valence-electron chi connectivity index (χ1n) is 3.95. The molecular formula is C9H5ClN2O2. The van der Waals surface area contributed by atoms with Crippen LogP contribution in [0.5, 0.6) is 0 Å². The van der Waals surface area contributed by atoms with Crippen molar-refractivity contribution in [2.75, 3.05) is 0 Å². The van der Waals surface area contributed by atoms with Gasteiger partial charge in [0.25, 0.3) is 0 Å². The molecule has 1 unspecified atom stereocenters. The van der Waals surface area contributed by atoms with Crippen LogP contribution in [0.1, 0.15) is 34.6 Å². The van der Waals surface area contributed by atoms with Crippen LogP contribution in [0.25, 0.3) is 0 Å². The Morgan fingerprint density at radius 2 is 2.43 bits per heavy atom. The van der Waals surface area contributed by atoms with E-state index in [9.17, 15) is 4.79 Å². The quantitative estimate of drug-likeness (QED) is 0.482. The molecule has 0 fully saturated rings. The Labute approximate surface area is 85.1 Å². The summed E-state index contributed by atoms with van der Waals surface area (Å²) < 4.78 is 4.92. The summed E-state index contributed by atoms with van der Waals surface area (Å²) in [4.78, 5) is 15.2. The number of fused-ring (bicyclic) bond motifs is 1. The molecule has 2 rings (SSSR count). The van der Waals surface area contributed by atoms with Crippen molar-refractivity contribution in [3.05, 3.63) is 28.0 Å². The van der Waals surface area contributed by atoms with Gasteiger partial charge < -0.3 is 4.74 Å². The lowest BCUT2D eigenvalue weighted by molar-refractivity contribution is 0.0418. The maximum Gasteiger partial charge on any atom is 0.340 e. The van der Waals surface area contributed by atoms with Crippen LogP contribution in [0.15, 0.2) is 6.07 Å². The number of nitriles is 1. The monoisotopic (exact) mass is 208 g/mol. The third-order valence-corrected chi connectivity index (χ3v) is 2.30. The molecule has 0 N–H and O–H groups in total. The highest BCUT2D eigenvalue weighted by Crippen LogP contribution is 2.30. The lowest BCUT2D eigenvalue weighted by Crippen LogP contribution is -1.96. The van der Waals surface area contributed by atoms with E-state index in [4.69, 9.17) is 21.6 Å². The van der Waals surface area contributed by atoms with Crippen LogP contribution in [-0.4, -0.2) is 11.0 Å². The van der Waals surface area contributed by atoms with Crippen molar-refractivity contribution >= 4 is 17.6 Å². The van der Waals surface area contributed by atoms with Gasteiger partial charge >= 0.3 is 5.97 Å². The third kappa shape index (κ3) is 1.14. The minimum Gasteiger partial charge on any atom is -0.452 e. The Bertz CT molecular complexity index is 465. The molecule has 1 atom stereocenters. The zero-order valence-corrected chi connectivity index (χ0v) is 8.00. The number of aromatic nitrogens is 1. The van der Waals surface area contributed by atoms with E-state index in [2.05, 4.69) is 4.98 Å². The van der Waals surface area contributed by atoms with Gasteiger partial charge in [0, 0.05) is 0 Å². The lowest BCUT2D eigenvalue weighted by atomic mass is 10.1. The molecular weight excluding hydrogens is 204 g/mol. The normalized spacial score (nSPS) is 18.6. The molecule has 0 saturated heterocycles. The van der Waals surface area contributed by atoms with Crippen LogP contribution in [0.3, 0.4) is 0 Å². The van der Waals surface area contributed by atoms with E-state index in [0.29, 0.717) is 11.3 Å². The maximum atomic E-state index is 11.2. The minimum absolute atomic E-state index is 0.108. The fourth-order valence-corrected chi connectivity index (χ4v) is 1.52. The van der Waals surface area contributed by atoms with Crippen molar-refractivity contribution in [1.29, 1.82) is 5.26 Å². The molecule has 2 heterocycles. The van der Waals surface area contributed by atoms with Gasteiger partial charge in [-0.3, -0.25) is 0 Å². The molecule has 0 aliphatic carbocycles. The molecule has 14 heavy (non-hydrogen) atoms. The molecule has 0 spiro atoms. The van der Waals surface area contributed by atoms with E-state index >= 15 is 0 Å². The van der Waals surface area contributed by atoms with E-state index < -0.39 is 5.97 Å². The van der Waals surface area contributed by atoms with Crippen molar-refractivity contribution in [3.8, 4) is 6.07 Å². The van der Waals surface area contributed by atoms with E-state index in [-0.39, 0.29) is 16.8 Å². The van der Waals surface area contributed by atoms with Crippen LogP contribution < -0.4 is 0 Å². The predicted molar refractivity (Wildman–Crippen MR) is 47.8 cm³/mol. The van der Waals surface area contributed by atoms with Gasteiger partial charge in [0.2, 0.25) is 0 Å². The van der Waals surface area contributed by atoms with E-state index in [1.165, 1.54) is 6.07 Å². The topological polar surface area (TPSA) is 63.0 Å². The first-order valence-corrected chi connectivity index (χ1v) is 4.33. The average Bonchev–Trinajstić information content (AvgIpc) is 2.41. The molecule has 0 bridgehead atoms. The van der Waals surface area contributed by atoms with Crippen LogP contribution in [0.2, 0.25) is 5.15 Å². The molecule has 1 aliphatic heterocycles. The molecule has 0 saturated carbocycles. The Balaban J connectivity index is 2.67. The largest absolute Gasteiger partial charge is 0.452 e. The molecule has 0 aromatic carbocycles. The zero-order chi connectivity index (χ0) is 10.3. The average molecular weight is 209 g/mol. The molecule has 70 valence electrons. The van der Waals surface area contributed by atoms with Crippen LogP contribution in [-0.2, 0) is 4.74 Å². The third-order valence-electron chi connectivity index (χ3n) is 2.01. The molecule has 1 aromatic heterocycles. The second kappa shape index (κ2) is 2.96. The van der Waals surface area contributed by atoms with Gasteiger partial charge in [-0.25, -0.2) is 9.78 Å². The number of ether oxygens (including phenoxy) is 1. The van der Waals surface area contributed by atoms with Crippen LogP contribution in [0.4, 0.5) is 0 Å². The number of cyclic esters (lactones) is 1. The number of nitrogens with zero attached hydrogens (tertiary/aromatic N) is 2. The van der Waals surface area contributed by atoms with Crippen molar-refractivity contribution in [3.63, 3.8) is 0 Å². The number of carbonyl (C=O) groups is 1. The first-order chi connectivity index (χ1) is 6.63. The summed E-state index contributed by atoms with van der Waals surface area (Å²) in [6.45, 7) is 1.71. The van der Waals surface area contributed by atoms with Gasteiger partial charge in [-0.15, -0.1) is 0 Å². The predicted octanol–water partition coefficient (Wildman–Crippen LogP) is 1.84. The molecule has 4 nitrogen and oxygen atoms in total. The van der Waals surface area contributed by atoms with Crippen molar-refractivity contribution in [2.45, 2.75) is 13.0 Å². The Morgan fingerprint density at radius 1 is 1.71 bits per heavy atom. The van der Waals surface area contributed by atoms with Crippen LogP contribution >= 0.6 is 11.6 Å². The van der Waals surface area contributed by atoms with Crippen molar-refractivity contribution in [1.82, 2.24) is 4.98 Å². The van der Waals surface area contributed by atoms with E-state index in [0.717, 1.165) is 0 Å². The smallest absolute Gasteiger partial charge is 0.340 e. The number of rotatable bonds is 0. The van der Waals surface area contributed by atoms with Gasteiger partial charge in [0.05, 0.1) is 16.8 Å². The fourth-order valence-electron chi connectivity index (χ4n) is 1.34. The fraction of sp³-hybridized carbons (Fsp3) is 0.222. The molecule has 1 aliphatic rings. The number of hydrogen-bond acceptors (Lipinski definition) is 4. The Hall–Kier alpha value is -1.60.